The third kappa shape index (κ3) is 4.18. The Morgan fingerprint density at radius 3 is 2.71 bits per heavy atom. The molecule has 3 N–H and O–H groups in total. The summed E-state index contributed by atoms with van der Waals surface area (Å²) in [5.41, 5.74) is 7.60. The number of nitrogens with two attached hydrogens (primary N) is 1. The van der Waals surface area contributed by atoms with E-state index >= 15 is 0 Å². The van der Waals surface area contributed by atoms with Crippen molar-refractivity contribution in [3.8, 4) is 0 Å². The van der Waals surface area contributed by atoms with Crippen LogP contribution in [-0.2, 0) is 4.79 Å². The molecule has 2 rings (SSSR count). The molecular formula is C17H17FN2O. The Labute approximate surface area is 123 Å². The Morgan fingerprint density at radius 2 is 2.00 bits per heavy atom. The highest BCUT2D eigenvalue weighted by Crippen LogP contribution is 2.16. The topological polar surface area (TPSA) is 55.1 Å². The van der Waals surface area contributed by atoms with Gasteiger partial charge in [-0.3, -0.25) is 4.79 Å². The van der Waals surface area contributed by atoms with Crippen LogP contribution in [-0.4, -0.2) is 5.91 Å². The van der Waals surface area contributed by atoms with Crippen molar-refractivity contribution >= 4 is 17.7 Å². The highest BCUT2D eigenvalue weighted by molar-refractivity contribution is 5.92. The fraction of sp³-hybridized carbons (Fsp3) is 0.118. The molecule has 0 aromatic heterocycles. The molecule has 108 valence electrons. The lowest BCUT2D eigenvalue weighted by molar-refractivity contribution is -0.117. The summed E-state index contributed by atoms with van der Waals surface area (Å²) in [5, 5.41) is 2.72. The van der Waals surface area contributed by atoms with Gasteiger partial charge in [0.25, 0.3) is 0 Å². The maximum absolute atomic E-state index is 13.6. The number of halogens is 1. The van der Waals surface area contributed by atoms with Gasteiger partial charge in [0.05, 0.1) is 6.04 Å². The van der Waals surface area contributed by atoms with E-state index in [-0.39, 0.29) is 11.7 Å². The average molecular weight is 284 g/mol. The Hall–Kier alpha value is -2.62. The summed E-state index contributed by atoms with van der Waals surface area (Å²) in [4.78, 5) is 11.8. The van der Waals surface area contributed by atoms with Crippen LogP contribution in [0.25, 0.3) is 6.08 Å². The van der Waals surface area contributed by atoms with Gasteiger partial charge in [-0.1, -0.05) is 30.3 Å². The van der Waals surface area contributed by atoms with Crippen LogP contribution in [0.2, 0.25) is 0 Å². The molecule has 3 nitrogen and oxygen atoms in total. The Morgan fingerprint density at radius 1 is 1.24 bits per heavy atom. The van der Waals surface area contributed by atoms with Crippen LogP contribution in [0.4, 0.5) is 10.1 Å². The van der Waals surface area contributed by atoms with E-state index in [0.717, 1.165) is 5.56 Å². The van der Waals surface area contributed by atoms with Crippen LogP contribution < -0.4 is 11.1 Å². The highest BCUT2D eigenvalue weighted by atomic mass is 19.1. The molecule has 0 aliphatic heterocycles. The zero-order valence-electron chi connectivity index (χ0n) is 11.7. The van der Waals surface area contributed by atoms with Gasteiger partial charge in [-0.25, -0.2) is 4.39 Å². The lowest BCUT2D eigenvalue weighted by Crippen LogP contribution is -2.25. The third-order valence-corrected chi connectivity index (χ3v) is 3.07. The van der Waals surface area contributed by atoms with Gasteiger partial charge >= 0.3 is 0 Å². The number of nitrogen functional groups attached to an aromatic ring is 1. The van der Waals surface area contributed by atoms with Crippen molar-refractivity contribution in [2.45, 2.75) is 13.0 Å². The number of hydrogen-bond acceptors (Lipinski definition) is 2. The Balaban J connectivity index is 2.00. The molecule has 0 fully saturated rings. The molecule has 2 aromatic carbocycles. The summed E-state index contributed by atoms with van der Waals surface area (Å²) in [6, 6.07) is 13.2. The zero-order valence-corrected chi connectivity index (χ0v) is 11.7. The SMILES string of the molecule is CC(NC(=O)/C=C/c1cccc(N)c1)c1ccccc1F. The van der Waals surface area contributed by atoms with E-state index in [4.69, 9.17) is 5.73 Å². The predicted octanol–water partition coefficient (Wildman–Crippen LogP) is 3.30. The first-order valence-corrected chi connectivity index (χ1v) is 6.65. The minimum atomic E-state index is -0.399. The zero-order chi connectivity index (χ0) is 15.2. The van der Waals surface area contributed by atoms with Crippen molar-refractivity contribution in [3.05, 3.63) is 71.6 Å². The van der Waals surface area contributed by atoms with Gasteiger partial charge < -0.3 is 11.1 Å². The summed E-state index contributed by atoms with van der Waals surface area (Å²) in [5.74, 6) is -0.613. The van der Waals surface area contributed by atoms with E-state index in [1.54, 1.807) is 43.3 Å². The minimum Gasteiger partial charge on any atom is -0.399 e. The quantitative estimate of drug-likeness (QED) is 0.668. The predicted molar refractivity (Wildman–Crippen MR) is 82.8 cm³/mol. The summed E-state index contributed by atoms with van der Waals surface area (Å²) >= 11 is 0. The standard InChI is InChI=1S/C17H17FN2O/c1-12(15-7-2-3-8-16(15)18)20-17(21)10-9-13-5-4-6-14(19)11-13/h2-12H,19H2,1H3,(H,20,21)/b10-9+. The first kappa shape index (κ1) is 14.8. The molecule has 4 heteroatoms. The van der Waals surface area contributed by atoms with Crippen LogP contribution in [0.1, 0.15) is 24.1 Å². The molecular weight excluding hydrogens is 267 g/mol. The number of rotatable bonds is 4. The van der Waals surface area contributed by atoms with Gasteiger partial charge in [-0.2, -0.15) is 0 Å². The second-order valence-corrected chi connectivity index (χ2v) is 4.76. The number of hydrogen-bond donors (Lipinski definition) is 2. The van der Waals surface area contributed by atoms with Crippen molar-refractivity contribution < 1.29 is 9.18 Å². The highest BCUT2D eigenvalue weighted by Gasteiger charge is 2.11. The normalized spacial score (nSPS) is 12.3. The second kappa shape index (κ2) is 6.70. The van der Waals surface area contributed by atoms with E-state index in [1.165, 1.54) is 12.1 Å². The first-order chi connectivity index (χ1) is 10.1. The van der Waals surface area contributed by atoms with Crippen LogP contribution in [0, 0.1) is 5.82 Å². The van der Waals surface area contributed by atoms with Crippen molar-refractivity contribution in [3.63, 3.8) is 0 Å². The van der Waals surface area contributed by atoms with Crippen molar-refractivity contribution in [1.82, 2.24) is 5.32 Å². The molecule has 0 bridgehead atoms. The molecule has 0 aliphatic rings. The minimum absolute atomic E-state index is 0.284. The van der Waals surface area contributed by atoms with Crippen molar-refractivity contribution in [2.75, 3.05) is 5.73 Å². The van der Waals surface area contributed by atoms with Crippen LogP contribution in [0.3, 0.4) is 0 Å². The fourth-order valence-corrected chi connectivity index (χ4v) is 2.00. The first-order valence-electron chi connectivity index (χ1n) is 6.65. The summed E-state index contributed by atoms with van der Waals surface area (Å²) in [7, 11) is 0. The number of carbonyl (C=O) groups excluding carboxylic acids is 1. The number of anilines is 1. The van der Waals surface area contributed by atoms with E-state index < -0.39 is 6.04 Å². The van der Waals surface area contributed by atoms with E-state index in [0.29, 0.717) is 11.3 Å². The maximum Gasteiger partial charge on any atom is 0.244 e. The lowest BCUT2D eigenvalue weighted by atomic mass is 10.1. The maximum atomic E-state index is 13.6. The number of amides is 1. The van der Waals surface area contributed by atoms with Gasteiger partial charge in [0.15, 0.2) is 0 Å². The molecule has 0 saturated carbocycles. The Bertz CT molecular complexity index is 667. The van der Waals surface area contributed by atoms with Crippen LogP contribution in [0.5, 0.6) is 0 Å². The van der Waals surface area contributed by atoms with E-state index in [1.807, 2.05) is 12.1 Å². The molecule has 1 unspecified atom stereocenters. The molecule has 0 heterocycles. The summed E-state index contributed by atoms with van der Waals surface area (Å²) < 4.78 is 13.6. The Kier molecular flexibility index (Phi) is 4.72. The molecule has 0 spiro atoms. The largest absolute Gasteiger partial charge is 0.399 e. The molecule has 1 atom stereocenters. The van der Waals surface area contributed by atoms with Crippen molar-refractivity contribution in [1.29, 1.82) is 0 Å². The fourth-order valence-electron chi connectivity index (χ4n) is 2.00. The molecule has 0 saturated heterocycles. The molecule has 2 aromatic rings. The average Bonchev–Trinajstić information content (AvgIpc) is 2.45. The smallest absolute Gasteiger partial charge is 0.244 e. The number of benzene rings is 2. The molecule has 0 aliphatic carbocycles. The monoisotopic (exact) mass is 284 g/mol. The molecule has 21 heavy (non-hydrogen) atoms. The summed E-state index contributed by atoms with van der Waals surface area (Å²) in [6.07, 6.45) is 3.08. The van der Waals surface area contributed by atoms with Gasteiger partial charge in [0.1, 0.15) is 5.82 Å². The number of carbonyl (C=O) groups is 1. The van der Waals surface area contributed by atoms with Crippen molar-refractivity contribution in [2.24, 2.45) is 0 Å². The van der Waals surface area contributed by atoms with Gasteiger partial charge in [-0.05, 0) is 36.8 Å². The van der Waals surface area contributed by atoms with Gasteiger partial charge in [-0.15, -0.1) is 0 Å². The van der Waals surface area contributed by atoms with Gasteiger partial charge in [0, 0.05) is 17.3 Å². The number of nitrogens with one attached hydrogen (secondary N) is 1. The van der Waals surface area contributed by atoms with E-state index in [9.17, 15) is 9.18 Å². The molecule has 1 amide bonds. The van der Waals surface area contributed by atoms with Crippen LogP contribution in [0.15, 0.2) is 54.6 Å². The second-order valence-electron chi connectivity index (χ2n) is 4.76. The molecule has 0 radical (unpaired) electrons. The van der Waals surface area contributed by atoms with Crippen LogP contribution >= 0.6 is 0 Å². The lowest BCUT2D eigenvalue weighted by Gasteiger charge is -2.13. The summed E-state index contributed by atoms with van der Waals surface area (Å²) in [6.45, 7) is 1.74. The van der Waals surface area contributed by atoms with E-state index in [2.05, 4.69) is 5.32 Å². The van der Waals surface area contributed by atoms with Gasteiger partial charge in [0.2, 0.25) is 5.91 Å². The third-order valence-electron chi connectivity index (χ3n) is 3.07.